The quantitative estimate of drug-likeness (QED) is 0.799. The molecule has 0 radical (unpaired) electrons. The summed E-state index contributed by atoms with van der Waals surface area (Å²) < 4.78 is 26.3. The van der Waals surface area contributed by atoms with Crippen molar-refractivity contribution in [3.8, 4) is 0 Å². The van der Waals surface area contributed by atoms with E-state index in [2.05, 4.69) is 10.0 Å². The van der Waals surface area contributed by atoms with Gasteiger partial charge in [-0.25, -0.2) is 13.1 Å². The van der Waals surface area contributed by atoms with Crippen LogP contribution in [0.5, 0.6) is 0 Å². The van der Waals surface area contributed by atoms with Gasteiger partial charge in [-0.1, -0.05) is 24.3 Å². The molecule has 0 spiro atoms. The van der Waals surface area contributed by atoms with E-state index in [4.69, 9.17) is 0 Å². The molecule has 0 heterocycles. The second-order valence-electron chi connectivity index (χ2n) is 4.16. The van der Waals surface area contributed by atoms with Gasteiger partial charge < -0.3 is 5.32 Å². The predicted octanol–water partition coefficient (Wildman–Crippen LogP) is 1.02. The summed E-state index contributed by atoms with van der Waals surface area (Å²) in [6.07, 6.45) is 0. The van der Waals surface area contributed by atoms with Crippen molar-refractivity contribution in [2.75, 3.05) is 13.6 Å². The third kappa shape index (κ3) is 4.11. The Hall–Kier alpha value is -0.910. The molecule has 96 valence electrons. The number of hydrogen-bond acceptors (Lipinski definition) is 3. The summed E-state index contributed by atoms with van der Waals surface area (Å²) in [5.41, 5.74) is 2.10. The van der Waals surface area contributed by atoms with E-state index < -0.39 is 15.3 Å². The highest BCUT2D eigenvalue weighted by Crippen LogP contribution is 2.07. The van der Waals surface area contributed by atoms with Crippen LogP contribution in [0.1, 0.15) is 18.1 Å². The Bertz CT molecular complexity index is 457. The summed E-state index contributed by atoms with van der Waals surface area (Å²) in [4.78, 5) is 0. The third-order valence-corrected chi connectivity index (χ3v) is 4.52. The summed E-state index contributed by atoms with van der Waals surface area (Å²) in [5, 5.41) is 2.43. The molecule has 0 saturated heterocycles. The number of nitrogens with one attached hydrogen (secondary N) is 2. The second-order valence-corrected chi connectivity index (χ2v) is 6.34. The Morgan fingerprint density at radius 1 is 1.29 bits per heavy atom. The highest BCUT2D eigenvalue weighted by atomic mass is 32.2. The fourth-order valence-corrected chi connectivity index (χ4v) is 2.55. The van der Waals surface area contributed by atoms with E-state index in [9.17, 15) is 8.42 Å². The van der Waals surface area contributed by atoms with Gasteiger partial charge in [-0.3, -0.25) is 0 Å². The van der Waals surface area contributed by atoms with Crippen molar-refractivity contribution in [2.24, 2.45) is 0 Å². The molecule has 17 heavy (non-hydrogen) atoms. The van der Waals surface area contributed by atoms with Gasteiger partial charge in [-0.2, -0.15) is 0 Å². The van der Waals surface area contributed by atoms with Crippen LogP contribution >= 0.6 is 0 Å². The lowest BCUT2D eigenvalue weighted by Gasteiger charge is -2.14. The van der Waals surface area contributed by atoms with Crippen LogP contribution in [-0.2, 0) is 16.6 Å². The van der Waals surface area contributed by atoms with Gasteiger partial charge in [0.25, 0.3) is 0 Å². The monoisotopic (exact) mass is 256 g/mol. The first kappa shape index (κ1) is 14.2. The molecular weight excluding hydrogens is 236 g/mol. The molecule has 2 N–H and O–H groups in total. The number of sulfonamides is 1. The minimum absolute atomic E-state index is 0.350. The van der Waals surface area contributed by atoms with E-state index in [-0.39, 0.29) is 0 Å². The minimum atomic E-state index is -3.25. The van der Waals surface area contributed by atoms with Crippen LogP contribution in [0.15, 0.2) is 24.3 Å². The van der Waals surface area contributed by atoms with Gasteiger partial charge in [0.05, 0.1) is 5.25 Å². The molecule has 4 nitrogen and oxygen atoms in total. The van der Waals surface area contributed by atoms with E-state index >= 15 is 0 Å². The highest BCUT2D eigenvalue weighted by molar-refractivity contribution is 7.90. The minimum Gasteiger partial charge on any atom is -0.318 e. The van der Waals surface area contributed by atoms with Crippen molar-refractivity contribution in [3.63, 3.8) is 0 Å². The summed E-state index contributed by atoms with van der Waals surface area (Å²) in [5.74, 6) is 0. The molecule has 0 fully saturated rings. The van der Waals surface area contributed by atoms with Crippen LogP contribution in [0.2, 0.25) is 0 Å². The predicted molar refractivity (Wildman–Crippen MR) is 70.3 cm³/mol. The average molecular weight is 256 g/mol. The fraction of sp³-hybridized carbons (Fsp3) is 0.500. The lowest BCUT2D eigenvalue weighted by molar-refractivity contribution is 0.563. The average Bonchev–Trinajstić information content (AvgIpc) is 2.28. The normalized spacial score (nSPS) is 13.6. The Morgan fingerprint density at radius 2 is 1.94 bits per heavy atom. The van der Waals surface area contributed by atoms with Gasteiger partial charge in [-0.15, -0.1) is 0 Å². The van der Waals surface area contributed by atoms with Crippen LogP contribution in [0.25, 0.3) is 0 Å². The molecule has 0 bridgehead atoms. The summed E-state index contributed by atoms with van der Waals surface area (Å²) in [6, 6.07) is 7.76. The molecule has 1 unspecified atom stereocenters. The van der Waals surface area contributed by atoms with Crippen molar-refractivity contribution in [2.45, 2.75) is 25.6 Å². The van der Waals surface area contributed by atoms with E-state index in [1.807, 2.05) is 31.2 Å². The van der Waals surface area contributed by atoms with Gasteiger partial charge in [0.1, 0.15) is 0 Å². The van der Waals surface area contributed by atoms with E-state index in [1.165, 1.54) is 0 Å². The second kappa shape index (κ2) is 6.14. The first-order valence-electron chi connectivity index (χ1n) is 5.65. The lowest BCUT2D eigenvalue weighted by Crippen LogP contribution is -2.37. The molecule has 0 aliphatic heterocycles. The first-order valence-corrected chi connectivity index (χ1v) is 7.19. The van der Waals surface area contributed by atoms with Crippen molar-refractivity contribution in [1.29, 1.82) is 0 Å². The number of aryl methyl sites for hydroxylation is 1. The Kier molecular flexibility index (Phi) is 5.11. The molecule has 1 rings (SSSR count). The summed E-state index contributed by atoms with van der Waals surface area (Å²) >= 11 is 0. The van der Waals surface area contributed by atoms with Crippen LogP contribution < -0.4 is 10.0 Å². The molecule has 1 aromatic carbocycles. The maximum absolute atomic E-state index is 11.9. The Morgan fingerprint density at radius 3 is 2.53 bits per heavy atom. The zero-order chi connectivity index (χ0) is 12.9. The number of benzene rings is 1. The first-order chi connectivity index (χ1) is 7.97. The van der Waals surface area contributed by atoms with Crippen LogP contribution in [-0.4, -0.2) is 27.3 Å². The summed E-state index contributed by atoms with van der Waals surface area (Å²) in [6.45, 7) is 4.46. The molecular formula is C12H20N2O2S. The third-order valence-electron chi connectivity index (χ3n) is 2.75. The van der Waals surface area contributed by atoms with Gasteiger partial charge in [0, 0.05) is 13.1 Å². The topological polar surface area (TPSA) is 58.2 Å². The van der Waals surface area contributed by atoms with Crippen molar-refractivity contribution in [3.05, 3.63) is 35.4 Å². The maximum atomic E-state index is 11.9. The molecule has 0 saturated carbocycles. The maximum Gasteiger partial charge on any atom is 0.215 e. The van der Waals surface area contributed by atoms with Gasteiger partial charge in [0.15, 0.2) is 0 Å². The van der Waals surface area contributed by atoms with Crippen molar-refractivity contribution >= 4 is 10.0 Å². The van der Waals surface area contributed by atoms with E-state index in [0.717, 1.165) is 11.1 Å². The SMILES string of the molecule is CNCC(C)S(=O)(=O)NCc1ccccc1C. The fourth-order valence-electron chi connectivity index (χ4n) is 1.53. The molecule has 0 aliphatic carbocycles. The smallest absolute Gasteiger partial charge is 0.215 e. The molecule has 0 aliphatic rings. The molecule has 1 atom stereocenters. The number of rotatable bonds is 6. The summed E-state index contributed by atoms with van der Waals surface area (Å²) in [7, 11) is -1.51. The lowest BCUT2D eigenvalue weighted by atomic mass is 10.1. The van der Waals surface area contributed by atoms with Crippen molar-refractivity contribution in [1.82, 2.24) is 10.0 Å². The van der Waals surface area contributed by atoms with Crippen LogP contribution in [0.3, 0.4) is 0 Å². The highest BCUT2D eigenvalue weighted by Gasteiger charge is 2.19. The van der Waals surface area contributed by atoms with Crippen molar-refractivity contribution < 1.29 is 8.42 Å². The Labute approximate surface area is 103 Å². The largest absolute Gasteiger partial charge is 0.318 e. The Balaban J connectivity index is 2.65. The molecule has 1 aromatic rings. The molecule has 0 aromatic heterocycles. The zero-order valence-corrected chi connectivity index (χ0v) is 11.3. The van der Waals surface area contributed by atoms with Crippen LogP contribution in [0, 0.1) is 6.92 Å². The standard InChI is InChI=1S/C12H20N2O2S/c1-10-6-4-5-7-12(10)9-14-17(15,16)11(2)8-13-3/h4-7,11,13-14H,8-9H2,1-3H3. The molecule has 0 amide bonds. The van der Waals surface area contributed by atoms with Gasteiger partial charge >= 0.3 is 0 Å². The van der Waals surface area contributed by atoms with Crippen LogP contribution in [0.4, 0.5) is 0 Å². The molecule has 5 heteroatoms. The van der Waals surface area contributed by atoms with E-state index in [0.29, 0.717) is 13.1 Å². The number of hydrogen-bond donors (Lipinski definition) is 2. The van der Waals surface area contributed by atoms with Gasteiger partial charge in [0.2, 0.25) is 10.0 Å². The zero-order valence-electron chi connectivity index (χ0n) is 10.5. The van der Waals surface area contributed by atoms with E-state index in [1.54, 1.807) is 14.0 Å². The van der Waals surface area contributed by atoms with Gasteiger partial charge in [-0.05, 0) is 32.0 Å².